The summed E-state index contributed by atoms with van der Waals surface area (Å²) in [5.41, 5.74) is 11.6. The summed E-state index contributed by atoms with van der Waals surface area (Å²) in [7, 11) is 0. The van der Waals surface area contributed by atoms with Crippen molar-refractivity contribution in [2.24, 2.45) is 0 Å². The Hall–Kier alpha value is -3.45. The van der Waals surface area contributed by atoms with Crippen molar-refractivity contribution in [2.45, 2.75) is 32.9 Å². The van der Waals surface area contributed by atoms with E-state index in [0.717, 1.165) is 33.9 Å². The van der Waals surface area contributed by atoms with Gasteiger partial charge in [0.1, 0.15) is 5.82 Å². The molecule has 4 rings (SSSR count). The van der Waals surface area contributed by atoms with Crippen LogP contribution in [-0.2, 0) is 0 Å². The van der Waals surface area contributed by atoms with E-state index in [4.69, 9.17) is 0 Å². The van der Waals surface area contributed by atoms with Crippen molar-refractivity contribution in [1.82, 2.24) is 15.4 Å². The molecule has 0 spiro atoms. The van der Waals surface area contributed by atoms with Gasteiger partial charge in [-0.25, -0.2) is 10.4 Å². The van der Waals surface area contributed by atoms with E-state index >= 15 is 0 Å². The first-order valence-electron chi connectivity index (χ1n) is 9.60. The molecule has 1 amide bonds. The fraction of sp³-hybridized carbons (Fsp3) is 0.227. The van der Waals surface area contributed by atoms with Crippen LogP contribution in [0.1, 0.15) is 53.0 Å². The molecule has 0 radical (unpaired) electrons. The Morgan fingerprint density at radius 2 is 2.00 bits per heavy atom. The third-order valence-electron chi connectivity index (χ3n) is 4.96. The molecule has 2 atom stereocenters. The minimum atomic E-state index is -0.171. The van der Waals surface area contributed by atoms with Crippen LogP contribution < -0.4 is 21.5 Å². The molecule has 1 unspecified atom stereocenters. The summed E-state index contributed by atoms with van der Waals surface area (Å²) in [6, 6.07) is 12.0. The zero-order chi connectivity index (χ0) is 20.4. The summed E-state index contributed by atoms with van der Waals surface area (Å²) in [5.74, 6) is 0.696. The van der Waals surface area contributed by atoms with E-state index < -0.39 is 0 Å². The second kappa shape index (κ2) is 7.89. The van der Waals surface area contributed by atoms with Crippen molar-refractivity contribution in [3.63, 3.8) is 0 Å². The third kappa shape index (κ3) is 4.20. The maximum absolute atomic E-state index is 12.5. The SMILES string of the molecule is Cc1cncc(C(=O)Nc2cccc([C@H](C)Nc3cnc4c(c3)C(C)NN4)c2)c1. The number of rotatable bonds is 5. The number of hydrogen-bond acceptors (Lipinski definition) is 6. The monoisotopic (exact) mass is 388 g/mol. The standard InChI is InChI=1S/C22H24N6O/c1-13-7-17(11-23-10-13)22(29)26-18-6-4-5-16(8-18)14(2)25-19-9-20-15(3)27-28-21(20)24-12-19/h4-12,14-15,25,27H,1-3H3,(H,24,28)(H,26,29)/t14-,15?/m0/s1. The number of nitrogens with one attached hydrogen (secondary N) is 4. The molecule has 0 saturated carbocycles. The molecule has 7 nitrogen and oxygen atoms in total. The second-order valence-electron chi connectivity index (χ2n) is 7.35. The summed E-state index contributed by atoms with van der Waals surface area (Å²) < 4.78 is 0. The van der Waals surface area contributed by atoms with E-state index in [2.05, 4.69) is 51.4 Å². The first-order chi connectivity index (χ1) is 14.0. The van der Waals surface area contributed by atoms with Crippen LogP contribution in [0, 0.1) is 6.92 Å². The summed E-state index contributed by atoms with van der Waals surface area (Å²) in [4.78, 5) is 21.0. The molecule has 0 aliphatic carbocycles. The van der Waals surface area contributed by atoms with Gasteiger partial charge in [0.2, 0.25) is 0 Å². The molecule has 2 aromatic heterocycles. The lowest BCUT2D eigenvalue weighted by molar-refractivity contribution is 0.102. The number of aromatic nitrogens is 2. The van der Waals surface area contributed by atoms with Gasteiger partial charge in [-0.2, -0.15) is 0 Å². The average molecular weight is 388 g/mol. The van der Waals surface area contributed by atoms with Gasteiger partial charge >= 0.3 is 0 Å². The number of carbonyl (C=O) groups excluding carboxylic acids is 1. The Balaban J connectivity index is 1.47. The van der Waals surface area contributed by atoms with Gasteiger partial charge in [-0.3, -0.25) is 9.78 Å². The fourth-order valence-corrected chi connectivity index (χ4v) is 3.35. The molecule has 0 fully saturated rings. The molecule has 0 saturated heterocycles. The Bertz CT molecular complexity index is 1050. The molecule has 29 heavy (non-hydrogen) atoms. The normalized spacial score (nSPS) is 15.9. The summed E-state index contributed by atoms with van der Waals surface area (Å²) >= 11 is 0. The lowest BCUT2D eigenvalue weighted by Crippen LogP contribution is -2.15. The molecule has 1 aliphatic rings. The van der Waals surface area contributed by atoms with Crippen LogP contribution in [0.2, 0.25) is 0 Å². The Morgan fingerprint density at radius 3 is 2.83 bits per heavy atom. The number of hydrogen-bond donors (Lipinski definition) is 4. The van der Waals surface area contributed by atoms with Crippen LogP contribution >= 0.6 is 0 Å². The maximum Gasteiger partial charge on any atom is 0.257 e. The number of pyridine rings is 2. The Kier molecular flexibility index (Phi) is 5.14. The highest BCUT2D eigenvalue weighted by atomic mass is 16.1. The Morgan fingerprint density at radius 1 is 1.14 bits per heavy atom. The maximum atomic E-state index is 12.5. The van der Waals surface area contributed by atoms with E-state index in [1.807, 2.05) is 43.5 Å². The van der Waals surface area contributed by atoms with Crippen LogP contribution in [-0.4, -0.2) is 15.9 Å². The number of nitrogens with zero attached hydrogens (tertiary/aromatic N) is 2. The van der Waals surface area contributed by atoms with Crippen LogP contribution in [0.25, 0.3) is 0 Å². The summed E-state index contributed by atoms with van der Waals surface area (Å²) in [6.07, 6.45) is 5.12. The van der Waals surface area contributed by atoms with Crippen molar-refractivity contribution in [2.75, 3.05) is 16.1 Å². The summed E-state index contributed by atoms with van der Waals surface area (Å²) in [5, 5.41) is 6.44. The van der Waals surface area contributed by atoms with Crippen molar-refractivity contribution in [3.05, 3.63) is 77.2 Å². The molecule has 1 aromatic carbocycles. The van der Waals surface area contributed by atoms with Crippen molar-refractivity contribution in [3.8, 4) is 0 Å². The molecule has 0 bridgehead atoms. The van der Waals surface area contributed by atoms with Crippen molar-refractivity contribution < 1.29 is 4.79 Å². The third-order valence-corrected chi connectivity index (χ3v) is 4.96. The van der Waals surface area contributed by atoms with E-state index in [1.165, 1.54) is 0 Å². The highest BCUT2D eigenvalue weighted by molar-refractivity contribution is 6.04. The number of anilines is 3. The molecule has 1 aliphatic heterocycles. The number of fused-ring (bicyclic) bond motifs is 1. The highest BCUT2D eigenvalue weighted by Gasteiger charge is 2.19. The predicted octanol–water partition coefficient (Wildman–Crippen LogP) is 4.20. The van der Waals surface area contributed by atoms with Gasteiger partial charge in [0.15, 0.2) is 0 Å². The molecular weight excluding hydrogens is 364 g/mol. The molecule has 7 heteroatoms. The van der Waals surface area contributed by atoms with Gasteiger partial charge in [0.25, 0.3) is 5.91 Å². The largest absolute Gasteiger partial charge is 0.377 e. The van der Waals surface area contributed by atoms with E-state index in [1.54, 1.807) is 12.4 Å². The van der Waals surface area contributed by atoms with Crippen molar-refractivity contribution in [1.29, 1.82) is 0 Å². The van der Waals surface area contributed by atoms with E-state index in [-0.39, 0.29) is 18.0 Å². The predicted molar refractivity (Wildman–Crippen MR) is 115 cm³/mol. The number of amides is 1. The van der Waals surface area contributed by atoms with Gasteiger partial charge in [-0.1, -0.05) is 12.1 Å². The smallest absolute Gasteiger partial charge is 0.257 e. The summed E-state index contributed by atoms with van der Waals surface area (Å²) in [6.45, 7) is 6.08. The number of carbonyl (C=O) groups is 1. The van der Waals surface area contributed by atoms with Gasteiger partial charge < -0.3 is 16.1 Å². The lowest BCUT2D eigenvalue weighted by atomic mass is 10.1. The zero-order valence-electron chi connectivity index (χ0n) is 16.7. The fourth-order valence-electron chi connectivity index (χ4n) is 3.35. The van der Waals surface area contributed by atoms with Gasteiger partial charge in [0.05, 0.1) is 23.5 Å². The van der Waals surface area contributed by atoms with Gasteiger partial charge in [0, 0.05) is 29.7 Å². The molecule has 148 valence electrons. The van der Waals surface area contributed by atoms with Crippen molar-refractivity contribution >= 4 is 23.1 Å². The Labute approximate surface area is 169 Å². The highest BCUT2D eigenvalue weighted by Crippen LogP contribution is 2.29. The van der Waals surface area contributed by atoms with E-state index in [0.29, 0.717) is 5.56 Å². The van der Waals surface area contributed by atoms with Crippen LogP contribution in [0.5, 0.6) is 0 Å². The first-order valence-corrected chi connectivity index (χ1v) is 9.60. The molecule has 3 heterocycles. The second-order valence-corrected chi connectivity index (χ2v) is 7.35. The van der Waals surface area contributed by atoms with Crippen LogP contribution in [0.3, 0.4) is 0 Å². The molecule has 3 aromatic rings. The quantitative estimate of drug-likeness (QED) is 0.524. The van der Waals surface area contributed by atoms with Crippen LogP contribution in [0.4, 0.5) is 17.2 Å². The zero-order valence-corrected chi connectivity index (χ0v) is 16.7. The van der Waals surface area contributed by atoms with E-state index in [9.17, 15) is 4.79 Å². The number of benzene rings is 1. The van der Waals surface area contributed by atoms with Gasteiger partial charge in [-0.15, -0.1) is 0 Å². The average Bonchev–Trinajstić information content (AvgIpc) is 3.08. The van der Waals surface area contributed by atoms with Gasteiger partial charge in [-0.05, 0) is 56.2 Å². The lowest BCUT2D eigenvalue weighted by Gasteiger charge is -2.17. The minimum absolute atomic E-state index is 0.0463. The number of aryl methyl sites for hydroxylation is 1. The van der Waals surface area contributed by atoms with Crippen LogP contribution in [0.15, 0.2) is 55.0 Å². The topological polar surface area (TPSA) is 91.0 Å². The number of hydrazine groups is 1. The minimum Gasteiger partial charge on any atom is -0.377 e. The molecule has 4 N–H and O–H groups in total. The first kappa shape index (κ1) is 18.9. The molecular formula is C22H24N6O.